The van der Waals surface area contributed by atoms with Crippen LogP contribution >= 0.6 is 12.4 Å². The first-order chi connectivity index (χ1) is 6.19. The van der Waals surface area contributed by atoms with E-state index in [1.54, 1.807) is 0 Å². The maximum Gasteiger partial charge on any atom is 0.126 e. The van der Waals surface area contributed by atoms with Gasteiger partial charge in [-0.3, -0.25) is 0 Å². The van der Waals surface area contributed by atoms with Crippen molar-refractivity contribution in [2.24, 2.45) is 5.73 Å². The van der Waals surface area contributed by atoms with Crippen LogP contribution in [0.3, 0.4) is 0 Å². The molecule has 1 aromatic carbocycles. The number of hydrogen-bond donors (Lipinski definition) is 2. The van der Waals surface area contributed by atoms with E-state index < -0.39 is 6.04 Å². The van der Waals surface area contributed by atoms with Crippen LogP contribution < -0.4 is 10.5 Å². The molecule has 1 aromatic rings. The maximum absolute atomic E-state index is 12.7. The first kappa shape index (κ1) is 13.2. The highest BCUT2D eigenvalue weighted by Crippen LogP contribution is 2.24. The molecule has 0 saturated carbocycles. The Morgan fingerprint density at radius 2 is 2.21 bits per heavy atom. The smallest absolute Gasteiger partial charge is 0.126 e. The van der Waals surface area contributed by atoms with Crippen molar-refractivity contribution in [2.45, 2.75) is 6.04 Å². The molecule has 1 rings (SSSR count). The lowest BCUT2D eigenvalue weighted by Crippen LogP contribution is -2.15. The van der Waals surface area contributed by atoms with Crippen LogP contribution in [-0.4, -0.2) is 18.8 Å². The minimum absolute atomic E-state index is 0. The monoisotopic (exact) mass is 221 g/mol. The average Bonchev–Trinajstić information content (AvgIpc) is 2.16. The molecule has 0 aliphatic rings. The van der Waals surface area contributed by atoms with Crippen LogP contribution in [0.2, 0.25) is 0 Å². The van der Waals surface area contributed by atoms with E-state index in [2.05, 4.69) is 0 Å². The summed E-state index contributed by atoms with van der Waals surface area (Å²) in [5.74, 6) is -0.0210. The summed E-state index contributed by atoms with van der Waals surface area (Å²) in [6.45, 7) is -0.192. The van der Waals surface area contributed by atoms with E-state index in [9.17, 15) is 4.39 Å². The van der Waals surface area contributed by atoms with Gasteiger partial charge in [0.2, 0.25) is 0 Å². The summed E-state index contributed by atoms with van der Waals surface area (Å²) >= 11 is 0. The van der Waals surface area contributed by atoms with Crippen LogP contribution in [0.1, 0.15) is 11.6 Å². The average molecular weight is 222 g/mol. The lowest BCUT2D eigenvalue weighted by molar-refractivity contribution is 0.264. The molecule has 80 valence electrons. The molecule has 0 bridgehead atoms. The van der Waals surface area contributed by atoms with Crippen molar-refractivity contribution < 1.29 is 14.2 Å². The van der Waals surface area contributed by atoms with Gasteiger partial charge in [0.05, 0.1) is 19.8 Å². The van der Waals surface area contributed by atoms with Gasteiger partial charge in [-0.05, 0) is 6.07 Å². The molecular weight excluding hydrogens is 209 g/mol. The number of ether oxygens (including phenoxy) is 1. The summed E-state index contributed by atoms with van der Waals surface area (Å²) in [5, 5.41) is 8.80. The van der Waals surface area contributed by atoms with Gasteiger partial charge in [-0.25, -0.2) is 4.39 Å². The minimum atomic E-state index is -0.532. The Kier molecular flexibility index (Phi) is 5.45. The van der Waals surface area contributed by atoms with Crippen molar-refractivity contribution in [1.29, 1.82) is 0 Å². The van der Waals surface area contributed by atoms with Crippen LogP contribution in [0, 0.1) is 5.82 Å². The minimum Gasteiger partial charge on any atom is -0.496 e. The first-order valence-corrected chi connectivity index (χ1v) is 3.89. The molecule has 14 heavy (non-hydrogen) atoms. The van der Waals surface area contributed by atoms with Gasteiger partial charge in [-0.2, -0.15) is 0 Å². The first-order valence-electron chi connectivity index (χ1n) is 3.89. The van der Waals surface area contributed by atoms with Crippen molar-refractivity contribution in [3.8, 4) is 5.75 Å². The van der Waals surface area contributed by atoms with Crippen molar-refractivity contribution in [3.05, 3.63) is 29.6 Å². The fraction of sp³-hybridized carbons (Fsp3) is 0.333. The summed E-state index contributed by atoms with van der Waals surface area (Å²) in [6.07, 6.45) is 0. The Morgan fingerprint density at radius 3 is 2.71 bits per heavy atom. The summed E-state index contributed by atoms with van der Waals surface area (Å²) in [4.78, 5) is 0. The zero-order chi connectivity index (χ0) is 9.84. The number of aliphatic hydroxyl groups is 1. The third kappa shape index (κ3) is 2.83. The van der Waals surface area contributed by atoms with Gasteiger partial charge in [0.25, 0.3) is 0 Å². The molecule has 3 nitrogen and oxygen atoms in total. The molecule has 0 unspecified atom stereocenters. The molecule has 0 fully saturated rings. The van der Waals surface area contributed by atoms with Crippen molar-refractivity contribution in [3.63, 3.8) is 0 Å². The van der Waals surface area contributed by atoms with Crippen LogP contribution in [-0.2, 0) is 0 Å². The number of nitrogens with two attached hydrogens (primary N) is 1. The van der Waals surface area contributed by atoms with Crippen molar-refractivity contribution in [1.82, 2.24) is 0 Å². The molecule has 1 atom stereocenters. The van der Waals surface area contributed by atoms with E-state index in [1.165, 1.54) is 25.3 Å². The number of rotatable bonds is 3. The predicted molar refractivity (Wildman–Crippen MR) is 54.2 cm³/mol. The molecule has 3 N–H and O–H groups in total. The Morgan fingerprint density at radius 1 is 1.57 bits per heavy atom. The van der Waals surface area contributed by atoms with E-state index in [0.29, 0.717) is 11.3 Å². The summed E-state index contributed by atoms with van der Waals surface area (Å²) in [5.41, 5.74) is 6.17. The van der Waals surface area contributed by atoms with Crippen LogP contribution in [0.4, 0.5) is 4.39 Å². The molecule has 0 aliphatic heterocycles. The number of benzene rings is 1. The van der Waals surface area contributed by atoms with Gasteiger partial charge >= 0.3 is 0 Å². The van der Waals surface area contributed by atoms with E-state index in [1.807, 2.05) is 0 Å². The molecule has 0 spiro atoms. The zero-order valence-electron chi connectivity index (χ0n) is 7.74. The summed E-state index contributed by atoms with van der Waals surface area (Å²) in [6, 6.07) is 3.50. The SMILES string of the molecule is COc1cc(F)ccc1[C@H](N)CO.Cl. The molecule has 0 heterocycles. The highest BCUT2D eigenvalue weighted by atomic mass is 35.5. The van der Waals surface area contributed by atoms with Gasteiger partial charge in [-0.1, -0.05) is 6.07 Å². The highest BCUT2D eigenvalue weighted by molar-refractivity contribution is 5.85. The maximum atomic E-state index is 12.7. The second-order valence-corrected chi connectivity index (χ2v) is 2.68. The summed E-state index contributed by atoms with van der Waals surface area (Å²) < 4.78 is 17.6. The van der Waals surface area contributed by atoms with E-state index >= 15 is 0 Å². The van der Waals surface area contributed by atoms with E-state index in [4.69, 9.17) is 15.6 Å². The molecule has 0 saturated heterocycles. The second-order valence-electron chi connectivity index (χ2n) is 2.68. The molecule has 0 aliphatic carbocycles. The number of aliphatic hydroxyl groups excluding tert-OH is 1. The summed E-state index contributed by atoms with van der Waals surface area (Å²) in [7, 11) is 1.43. The van der Waals surface area contributed by atoms with Crippen LogP contribution in [0.15, 0.2) is 18.2 Å². The zero-order valence-corrected chi connectivity index (χ0v) is 8.55. The van der Waals surface area contributed by atoms with Gasteiger partial charge < -0.3 is 15.6 Å². The Hall–Kier alpha value is -0.840. The highest BCUT2D eigenvalue weighted by Gasteiger charge is 2.11. The topological polar surface area (TPSA) is 55.5 Å². The van der Waals surface area contributed by atoms with Gasteiger partial charge in [0.1, 0.15) is 11.6 Å². The number of halogens is 2. The Bertz CT molecular complexity index is 296. The van der Waals surface area contributed by atoms with E-state index in [0.717, 1.165) is 0 Å². The fourth-order valence-corrected chi connectivity index (χ4v) is 1.09. The quantitative estimate of drug-likeness (QED) is 0.808. The van der Waals surface area contributed by atoms with Crippen molar-refractivity contribution in [2.75, 3.05) is 13.7 Å². The number of methoxy groups -OCH3 is 1. The largest absolute Gasteiger partial charge is 0.496 e. The van der Waals surface area contributed by atoms with Gasteiger partial charge in [0, 0.05) is 11.6 Å². The van der Waals surface area contributed by atoms with E-state index in [-0.39, 0.29) is 24.8 Å². The number of hydrogen-bond acceptors (Lipinski definition) is 3. The third-order valence-electron chi connectivity index (χ3n) is 1.79. The van der Waals surface area contributed by atoms with Crippen LogP contribution in [0.5, 0.6) is 5.75 Å². The third-order valence-corrected chi connectivity index (χ3v) is 1.79. The lowest BCUT2D eigenvalue weighted by atomic mass is 10.1. The van der Waals surface area contributed by atoms with Gasteiger partial charge in [-0.15, -0.1) is 12.4 Å². The predicted octanol–water partition coefficient (Wildman–Crippen LogP) is 1.25. The molecular formula is C9H13ClFNO2. The normalized spacial score (nSPS) is 11.7. The standard InChI is InChI=1S/C9H12FNO2.ClH/c1-13-9-4-6(10)2-3-7(9)8(11)5-12;/h2-4,8,12H,5,11H2,1H3;1H/t8-;/m1./s1. The molecule has 0 radical (unpaired) electrons. The lowest BCUT2D eigenvalue weighted by Gasteiger charge is -2.12. The molecule has 5 heteroatoms. The fourth-order valence-electron chi connectivity index (χ4n) is 1.09. The molecule has 0 amide bonds. The van der Waals surface area contributed by atoms with Crippen LogP contribution in [0.25, 0.3) is 0 Å². The second kappa shape index (κ2) is 5.80. The van der Waals surface area contributed by atoms with Crippen molar-refractivity contribution >= 4 is 12.4 Å². The Balaban J connectivity index is 0.00000169. The van der Waals surface area contributed by atoms with Gasteiger partial charge in [0.15, 0.2) is 0 Å². The molecule has 0 aromatic heterocycles. The Labute approximate surface area is 88.1 Å².